The minimum absolute atomic E-state index is 0.122. The molecule has 0 aliphatic carbocycles. The van der Waals surface area contributed by atoms with E-state index in [4.69, 9.17) is 0 Å². The Hall–Kier alpha value is -0.800. The molecular weight excluding hydrogens is 356 g/mol. The molecule has 0 amide bonds. The number of pyridine rings is 1. The summed E-state index contributed by atoms with van der Waals surface area (Å²) in [7, 11) is -2.90. The van der Waals surface area contributed by atoms with Gasteiger partial charge in [0.25, 0.3) is 6.43 Å². The van der Waals surface area contributed by atoms with Gasteiger partial charge in [-0.2, -0.15) is 4.31 Å². The number of hydrogen-bond donors (Lipinski definition) is 1. The van der Waals surface area contributed by atoms with Crippen molar-refractivity contribution in [2.45, 2.75) is 24.7 Å². The van der Waals surface area contributed by atoms with Crippen LogP contribution in [-0.2, 0) is 10.0 Å². The molecule has 0 atom stereocenters. The lowest BCUT2D eigenvalue weighted by molar-refractivity contribution is 0.126. The van der Waals surface area contributed by atoms with Gasteiger partial charge in [-0.05, 0) is 28.4 Å². The van der Waals surface area contributed by atoms with Gasteiger partial charge in [-0.3, -0.25) is 0 Å². The molecule has 0 saturated heterocycles. The SMILES string of the molecule is CCCNc1ncc(Br)cc1S(=O)(=O)N(C)CC(F)F. The van der Waals surface area contributed by atoms with Crippen molar-refractivity contribution < 1.29 is 17.2 Å². The number of aromatic nitrogens is 1. The van der Waals surface area contributed by atoms with Crippen LogP contribution >= 0.6 is 15.9 Å². The van der Waals surface area contributed by atoms with E-state index < -0.39 is 23.0 Å². The fourth-order valence-corrected chi connectivity index (χ4v) is 3.23. The highest BCUT2D eigenvalue weighted by atomic mass is 79.9. The third-order valence-electron chi connectivity index (χ3n) is 2.45. The zero-order valence-corrected chi connectivity index (χ0v) is 13.5. The van der Waals surface area contributed by atoms with Gasteiger partial charge < -0.3 is 5.32 Å². The normalized spacial score (nSPS) is 12.2. The molecule has 1 aromatic rings. The summed E-state index contributed by atoms with van der Waals surface area (Å²) in [5, 5.41) is 2.88. The molecule has 0 fully saturated rings. The number of rotatable bonds is 7. The lowest BCUT2D eigenvalue weighted by Crippen LogP contribution is -2.32. The maximum absolute atomic E-state index is 12.4. The van der Waals surface area contributed by atoms with Crippen molar-refractivity contribution in [3.63, 3.8) is 0 Å². The average Bonchev–Trinajstić information content (AvgIpc) is 2.36. The van der Waals surface area contributed by atoms with Crippen molar-refractivity contribution in [1.29, 1.82) is 0 Å². The summed E-state index contributed by atoms with van der Waals surface area (Å²) in [5.41, 5.74) is 0. The average molecular weight is 372 g/mol. The quantitative estimate of drug-likeness (QED) is 0.799. The highest BCUT2D eigenvalue weighted by Gasteiger charge is 2.27. The van der Waals surface area contributed by atoms with E-state index in [9.17, 15) is 17.2 Å². The first-order valence-electron chi connectivity index (χ1n) is 5.93. The molecule has 1 aromatic heterocycles. The molecule has 0 unspecified atom stereocenters. The smallest absolute Gasteiger partial charge is 0.252 e. The molecule has 1 heterocycles. The first kappa shape index (κ1) is 17.3. The van der Waals surface area contributed by atoms with E-state index >= 15 is 0 Å². The Morgan fingerprint density at radius 3 is 2.70 bits per heavy atom. The second kappa shape index (κ2) is 7.28. The molecular formula is C11H16BrF2N3O2S. The van der Waals surface area contributed by atoms with Crippen LogP contribution in [0.3, 0.4) is 0 Å². The predicted molar refractivity (Wildman–Crippen MR) is 76.5 cm³/mol. The monoisotopic (exact) mass is 371 g/mol. The molecule has 0 aliphatic rings. The molecule has 114 valence electrons. The summed E-state index contributed by atoms with van der Waals surface area (Å²) in [5.74, 6) is 0.163. The summed E-state index contributed by atoms with van der Waals surface area (Å²) in [6, 6.07) is 1.35. The number of nitrogens with zero attached hydrogens (tertiary/aromatic N) is 2. The number of nitrogens with one attached hydrogen (secondary N) is 1. The summed E-state index contributed by atoms with van der Waals surface area (Å²) in [6.45, 7) is 1.60. The summed E-state index contributed by atoms with van der Waals surface area (Å²) in [4.78, 5) is 3.87. The zero-order chi connectivity index (χ0) is 15.3. The molecule has 0 radical (unpaired) electrons. The van der Waals surface area contributed by atoms with E-state index in [0.717, 1.165) is 13.5 Å². The van der Waals surface area contributed by atoms with Crippen LogP contribution in [-0.4, -0.2) is 44.3 Å². The predicted octanol–water partition coefficient (Wildman–Crippen LogP) is 2.55. The van der Waals surface area contributed by atoms with Crippen LogP contribution in [0.5, 0.6) is 0 Å². The van der Waals surface area contributed by atoms with E-state index in [1.54, 1.807) is 0 Å². The first-order chi connectivity index (χ1) is 9.28. The number of hydrogen-bond acceptors (Lipinski definition) is 4. The van der Waals surface area contributed by atoms with Gasteiger partial charge >= 0.3 is 0 Å². The van der Waals surface area contributed by atoms with Crippen molar-refractivity contribution in [1.82, 2.24) is 9.29 Å². The van der Waals surface area contributed by atoms with Crippen LogP contribution in [0.1, 0.15) is 13.3 Å². The van der Waals surface area contributed by atoms with Crippen molar-refractivity contribution >= 4 is 31.8 Å². The molecule has 1 rings (SSSR count). The number of anilines is 1. The number of halogens is 3. The minimum atomic E-state index is -4.02. The van der Waals surface area contributed by atoms with E-state index in [1.165, 1.54) is 12.3 Å². The summed E-state index contributed by atoms with van der Waals surface area (Å²) >= 11 is 3.14. The van der Waals surface area contributed by atoms with Crippen LogP contribution in [0.4, 0.5) is 14.6 Å². The van der Waals surface area contributed by atoms with Gasteiger partial charge in [0.15, 0.2) is 0 Å². The zero-order valence-electron chi connectivity index (χ0n) is 11.1. The van der Waals surface area contributed by atoms with Gasteiger partial charge in [0, 0.05) is 24.3 Å². The van der Waals surface area contributed by atoms with Crippen molar-refractivity contribution in [3.8, 4) is 0 Å². The van der Waals surface area contributed by atoms with Crippen LogP contribution in [0.25, 0.3) is 0 Å². The number of sulfonamides is 1. The molecule has 0 aromatic carbocycles. The molecule has 9 heteroatoms. The summed E-state index contributed by atoms with van der Waals surface area (Å²) in [6.07, 6.45) is -0.504. The van der Waals surface area contributed by atoms with E-state index in [-0.39, 0.29) is 10.7 Å². The second-order valence-electron chi connectivity index (χ2n) is 4.10. The van der Waals surface area contributed by atoms with Crippen LogP contribution < -0.4 is 5.32 Å². The van der Waals surface area contributed by atoms with Gasteiger partial charge in [0.2, 0.25) is 10.0 Å². The standard InChI is InChI=1S/C11H16BrF2N3O2S/c1-3-4-15-11-9(5-8(12)6-16-11)20(18,19)17(2)7-10(13)14/h5-6,10H,3-4,7H2,1-2H3,(H,15,16). The van der Waals surface area contributed by atoms with Gasteiger partial charge in [0.05, 0.1) is 6.54 Å². The Morgan fingerprint density at radius 1 is 1.50 bits per heavy atom. The fourth-order valence-electron chi connectivity index (χ4n) is 1.45. The Kier molecular flexibility index (Phi) is 6.28. The van der Waals surface area contributed by atoms with Gasteiger partial charge in [-0.15, -0.1) is 0 Å². The molecule has 0 bridgehead atoms. The highest BCUT2D eigenvalue weighted by Crippen LogP contribution is 2.25. The van der Waals surface area contributed by atoms with E-state index in [1.807, 2.05) is 6.92 Å². The van der Waals surface area contributed by atoms with Crippen molar-refractivity contribution in [3.05, 3.63) is 16.7 Å². The Balaban J connectivity index is 3.18. The van der Waals surface area contributed by atoms with Gasteiger partial charge in [-0.1, -0.05) is 6.92 Å². The number of alkyl halides is 2. The molecule has 20 heavy (non-hydrogen) atoms. The third kappa shape index (κ3) is 4.35. The maximum Gasteiger partial charge on any atom is 0.252 e. The van der Waals surface area contributed by atoms with Crippen LogP contribution in [0, 0.1) is 0 Å². The molecule has 0 spiro atoms. The van der Waals surface area contributed by atoms with Crippen molar-refractivity contribution in [2.24, 2.45) is 0 Å². The van der Waals surface area contributed by atoms with Gasteiger partial charge in [-0.25, -0.2) is 22.2 Å². The Morgan fingerprint density at radius 2 is 2.15 bits per heavy atom. The molecule has 5 nitrogen and oxygen atoms in total. The maximum atomic E-state index is 12.4. The van der Waals surface area contributed by atoms with Crippen molar-refractivity contribution in [2.75, 3.05) is 25.5 Å². The van der Waals surface area contributed by atoms with E-state index in [2.05, 4.69) is 26.2 Å². The second-order valence-corrected chi connectivity index (χ2v) is 7.03. The third-order valence-corrected chi connectivity index (χ3v) is 4.72. The van der Waals surface area contributed by atoms with Crippen LogP contribution in [0.15, 0.2) is 21.6 Å². The summed E-state index contributed by atoms with van der Waals surface area (Å²) < 4.78 is 50.4. The van der Waals surface area contributed by atoms with Crippen LogP contribution in [0.2, 0.25) is 0 Å². The fraction of sp³-hybridized carbons (Fsp3) is 0.545. The lowest BCUT2D eigenvalue weighted by atomic mass is 10.4. The Labute approximate surface area is 125 Å². The minimum Gasteiger partial charge on any atom is -0.369 e. The largest absolute Gasteiger partial charge is 0.369 e. The highest BCUT2D eigenvalue weighted by molar-refractivity contribution is 9.10. The molecule has 0 aliphatic heterocycles. The molecule has 1 N–H and O–H groups in total. The topological polar surface area (TPSA) is 62.3 Å². The molecule has 0 saturated carbocycles. The lowest BCUT2D eigenvalue weighted by Gasteiger charge is -2.19. The first-order valence-corrected chi connectivity index (χ1v) is 8.16. The van der Waals surface area contributed by atoms with E-state index in [0.29, 0.717) is 15.3 Å². The van der Waals surface area contributed by atoms with Gasteiger partial charge in [0.1, 0.15) is 10.7 Å². The Bertz CT molecular complexity index is 555.